The number of thiazole rings is 2. The number of nitrogens with zero attached hydrogens (tertiary/aromatic N) is 15. The van der Waals surface area contributed by atoms with Crippen LogP contribution in [0, 0.1) is 47.5 Å². The van der Waals surface area contributed by atoms with Crippen LogP contribution in [0.1, 0.15) is 186 Å². The maximum absolute atomic E-state index is 12.8. The summed E-state index contributed by atoms with van der Waals surface area (Å²) in [5, 5.41) is 103. The van der Waals surface area contributed by atoms with Crippen molar-refractivity contribution in [2.24, 2.45) is 5.92 Å². The molecule has 11 heterocycles. The molecule has 8 aliphatic rings. The molecule has 8 fully saturated rings. The summed E-state index contributed by atoms with van der Waals surface area (Å²) in [6.07, 6.45) is 19.7. The highest BCUT2D eigenvalue weighted by molar-refractivity contribution is 7.11. The minimum Gasteiger partial charge on any atom is -0.394 e. The van der Waals surface area contributed by atoms with Crippen LogP contribution in [-0.2, 0) is 60.4 Å². The van der Waals surface area contributed by atoms with E-state index in [4.69, 9.17) is 0 Å². The Morgan fingerprint density at radius 2 is 0.813 bits per heavy atom. The highest BCUT2D eigenvalue weighted by Gasteiger charge is 2.46. The number of carbonyl (C=O) groups excluding carboxylic acids is 6. The number of ketones is 1. The van der Waals surface area contributed by atoms with Crippen molar-refractivity contribution in [1.82, 2.24) is 100 Å². The van der Waals surface area contributed by atoms with E-state index in [0.717, 1.165) is 235 Å². The average Bonchev–Trinajstić information content (AvgIpc) is 1.21. The maximum atomic E-state index is 12.8. The first-order chi connectivity index (χ1) is 66.6. The van der Waals surface area contributed by atoms with E-state index < -0.39 is 22.3 Å². The van der Waals surface area contributed by atoms with Gasteiger partial charge in [0, 0.05) is 151 Å². The van der Waals surface area contributed by atoms with E-state index in [-0.39, 0.29) is 99.1 Å². The first-order valence-electron chi connectivity index (χ1n) is 49.6. The molecule has 4 saturated heterocycles. The number of nitrogens with one attached hydrogen (secondary N) is 9. The molecule has 0 unspecified atom stereocenters. The van der Waals surface area contributed by atoms with Crippen molar-refractivity contribution in [2.75, 3.05) is 113 Å². The predicted molar refractivity (Wildman–Crippen MR) is 542 cm³/mol. The van der Waals surface area contributed by atoms with Gasteiger partial charge in [-0.3, -0.25) is 67.6 Å². The molecule has 0 atom stereocenters. The third-order valence-corrected chi connectivity index (χ3v) is 31.0. The van der Waals surface area contributed by atoms with Crippen LogP contribution in [0.4, 0.5) is 28.1 Å². The normalized spacial score (nSPS) is 22.9. The average molecular weight is 1940 g/mol. The third-order valence-electron chi connectivity index (χ3n) is 29.0. The molecule has 7 aromatic heterocycles. The number of aryl methyl sites for hydroxylation is 7. The standard InChI is InChI=1S/C30H41N7O3.C25H34N6O3S.C24H32N6O3S.C23H33N5O2/c1-19-6-9-25-24(14-19)27(35-37(25)28(39)34-29(3,4)5)32-16-26(38)33-22-17-36(18-22)23-10-12-30(40,13-11-23)21-8-7-20(2)31-15-21;1-16-3-4-21-20(11-16)23(29-31(21)9-10-32)26-13-22(33)28-18-14-30(15-18)19-5-7-25(34,8-6-19)24-27-12-17(2)35-24;1-16-2-3-20-19(10-16)23(28-30(20)8-9-31)26-12-22(32)27-17-13-29(14-17)18-4-6-24(33,7-5-18)21-11-25-15-34-21;1-4-28-21-10-5-15(2)11-20(21)23(26-28)24-12-22(30)25-18-13-27(14-18)19-8-6-17(7-9-19)16(3)29/h6-9,14-15,22-23,40H,10-13,16-18H2,1-5H3,(H,32,35)(H,33,38)(H,34,39);3-4,11-12,18-19,32,34H,5-10,13-15H2,1-2H3,(H,26,29)(H,28,33);2-3,10-11,15,17-18,31,33H,4-9,12-14H2,1H3,(H,26,28)(H,27,32);5,10-11,17-19H,4,6-9,12-14H2,1-3H3,(H,24,26)(H,25,30). The zero-order valence-electron chi connectivity index (χ0n) is 82.1. The van der Waals surface area contributed by atoms with E-state index >= 15 is 0 Å². The molecular weight excluding hydrogens is 1800 g/mol. The molecular formula is C102H140N24O11S2. The summed E-state index contributed by atoms with van der Waals surface area (Å²) < 4.78 is 6.84. The molecule has 4 aliphatic heterocycles. The zero-order chi connectivity index (χ0) is 98.2. The van der Waals surface area contributed by atoms with Crippen LogP contribution >= 0.6 is 22.7 Å². The number of amides is 5. The van der Waals surface area contributed by atoms with Crippen LogP contribution in [0.25, 0.3) is 43.6 Å². The third kappa shape index (κ3) is 24.6. The molecule has 139 heavy (non-hydrogen) atoms. The summed E-state index contributed by atoms with van der Waals surface area (Å²) in [5.41, 5.74) is 9.01. The van der Waals surface area contributed by atoms with E-state index in [1.807, 2.05) is 133 Å². The van der Waals surface area contributed by atoms with Crippen molar-refractivity contribution in [1.29, 1.82) is 0 Å². The molecule has 4 aliphatic carbocycles. The molecule has 19 rings (SSSR count). The van der Waals surface area contributed by atoms with Gasteiger partial charge in [-0.05, 0) is 233 Å². The smallest absolute Gasteiger partial charge is 0.343 e. The van der Waals surface area contributed by atoms with Crippen molar-refractivity contribution < 1.29 is 54.3 Å². The summed E-state index contributed by atoms with van der Waals surface area (Å²) >= 11 is 3.12. The fraction of sp³-hybridized carbons (Fsp3) is 0.559. The molecule has 746 valence electrons. The largest absolute Gasteiger partial charge is 0.394 e. The number of pyridine rings is 1. The van der Waals surface area contributed by atoms with E-state index in [1.165, 1.54) is 21.6 Å². The molecule has 0 radical (unpaired) electrons. The second-order valence-electron chi connectivity index (χ2n) is 40.8. The Bertz CT molecular complexity index is 6090. The van der Waals surface area contributed by atoms with Gasteiger partial charge in [-0.25, -0.2) is 9.78 Å². The van der Waals surface area contributed by atoms with Gasteiger partial charge in [0.15, 0.2) is 23.3 Å². The van der Waals surface area contributed by atoms with Gasteiger partial charge in [-0.1, -0.05) is 52.6 Å². The van der Waals surface area contributed by atoms with Gasteiger partial charge in [-0.2, -0.15) is 20.0 Å². The number of fused-ring (bicyclic) bond motifs is 4. The Morgan fingerprint density at radius 1 is 0.439 bits per heavy atom. The van der Waals surface area contributed by atoms with Crippen molar-refractivity contribution >= 4 is 125 Å². The number of Topliss-reactive ketones (excluding diaryl/α,β-unsaturated/α-hetero) is 1. The molecule has 14 N–H and O–H groups in total. The Balaban J connectivity index is 0.000000134. The van der Waals surface area contributed by atoms with Crippen molar-refractivity contribution in [2.45, 2.75) is 269 Å². The lowest BCUT2D eigenvalue weighted by Gasteiger charge is -2.48. The summed E-state index contributed by atoms with van der Waals surface area (Å²) in [4.78, 5) is 99.4. The van der Waals surface area contributed by atoms with Crippen LogP contribution in [0.3, 0.4) is 0 Å². The Labute approximate surface area is 820 Å². The zero-order valence-corrected chi connectivity index (χ0v) is 83.8. The van der Waals surface area contributed by atoms with Crippen molar-refractivity contribution in [3.63, 3.8) is 0 Å². The van der Waals surface area contributed by atoms with Crippen molar-refractivity contribution in [3.8, 4) is 0 Å². The maximum Gasteiger partial charge on any atom is 0.343 e. The minimum atomic E-state index is -0.801. The fourth-order valence-electron chi connectivity index (χ4n) is 21.0. The van der Waals surface area contributed by atoms with E-state index in [0.29, 0.717) is 78.9 Å². The number of rotatable bonds is 29. The number of benzene rings is 4. The van der Waals surface area contributed by atoms with Gasteiger partial charge in [0.25, 0.3) is 0 Å². The molecule has 37 heteroatoms. The molecule has 0 spiro atoms. The fourth-order valence-corrected chi connectivity index (χ4v) is 22.7. The molecule has 5 amide bonds. The van der Waals surface area contributed by atoms with Crippen LogP contribution < -0.4 is 47.9 Å². The quantitative estimate of drug-likeness (QED) is 0.0207. The molecule has 35 nitrogen and oxygen atoms in total. The minimum absolute atomic E-state index is 0.00629. The lowest BCUT2D eigenvalue weighted by molar-refractivity contribution is -0.123. The monoisotopic (exact) mass is 1940 g/mol. The number of aliphatic hydroxyl groups excluding tert-OH is 2. The Morgan fingerprint density at radius 3 is 1.17 bits per heavy atom. The molecule has 4 aromatic carbocycles. The lowest BCUT2D eigenvalue weighted by Crippen LogP contribution is -2.63. The highest BCUT2D eigenvalue weighted by Crippen LogP contribution is 2.45. The number of hydrogen-bond acceptors (Lipinski definition) is 28. The van der Waals surface area contributed by atoms with Crippen LogP contribution in [0.2, 0.25) is 0 Å². The van der Waals surface area contributed by atoms with E-state index in [9.17, 15) is 54.3 Å². The number of hydrogen-bond donors (Lipinski definition) is 14. The van der Waals surface area contributed by atoms with Crippen LogP contribution in [0.5, 0.6) is 0 Å². The lowest BCUT2D eigenvalue weighted by atomic mass is 9.77. The molecule has 4 saturated carbocycles. The SMILES string of the molecule is CCn1nc(NCC(=O)NC2CN(C3CCC(C(C)=O)CC3)C2)c2cc(C)ccc21.Cc1ccc2c(c1)c(NCC(=O)NC1CN(C3CCC(O)(c4ccc(C)nc4)CC3)C1)nn2C(=O)NC(C)(C)C.Cc1ccc2c(c1)c(NCC(=O)NC1CN(C3CCC(O)(c4cncs4)CC3)C1)nn2CCO.Cc1ccc2c(c1)c(NCC(=O)NC1CN(C3CCC(O)(c4ncc(C)s4)CC3)C1)nn2CCO. The first-order valence-corrected chi connectivity index (χ1v) is 51.3. The number of aromatic nitrogens is 11. The van der Waals surface area contributed by atoms with Gasteiger partial charge < -0.3 is 73.4 Å². The number of likely N-dealkylation sites (tertiary alicyclic amines) is 4. The Kier molecular flexibility index (Phi) is 32.0. The summed E-state index contributed by atoms with van der Waals surface area (Å²) in [6.45, 7) is 30.7. The molecule has 0 bridgehead atoms. The van der Waals surface area contributed by atoms with E-state index in [2.05, 4.69) is 135 Å². The number of aliphatic hydroxyl groups is 5. The predicted octanol–water partition coefficient (Wildman–Crippen LogP) is 10.2. The summed E-state index contributed by atoms with van der Waals surface area (Å²) in [6, 6.07) is 30.3. The topological polar surface area (TPSA) is 435 Å². The van der Waals surface area contributed by atoms with Gasteiger partial charge in [0.1, 0.15) is 22.0 Å². The second-order valence-corrected chi connectivity index (χ2v) is 42.9. The number of anilines is 4. The van der Waals surface area contributed by atoms with Gasteiger partial charge >= 0.3 is 6.03 Å². The van der Waals surface area contributed by atoms with E-state index in [1.54, 1.807) is 45.5 Å². The Hall–Kier alpha value is -11.0. The van der Waals surface area contributed by atoms with Gasteiger partial charge in [0.05, 0.1) is 115 Å². The first kappa shape index (κ1) is 101. The van der Waals surface area contributed by atoms with Gasteiger partial charge in [0.2, 0.25) is 23.6 Å². The molecule has 11 aromatic rings. The number of carbonyl (C=O) groups is 6. The summed E-state index contributed by atoms with van der Waals surface area (Å²) in [5.74, 6) is 2.99. The van der Waals surface area contributed by atoms with Crippen LogP contribution in [-0.4, -0.2) is 280 Å². The summed E-state index contributed by atoms with van der Waals surface area (Å²) in [7, 11) is 0. The highest BCUT2D eigenvalue weighted by atomic mass is 32.1. The van der Waals surface area contributed by atoms with Crippen molar-refractivity contribution in [3.05, 3.63) is 157 Å². The van der Waals surface area contributed by atoms with Gasteiger partial charge in [-0.15, -0.1) is 27.8 Å². The van der Waals surface area contributed by atoms with Crippen LogP contribution in [0.15, 0.2) is 109 Å². The second kappa shape index (κ2) is 44.0.